The van der Waals surface area contributed by atoms with Crippen LogP contribution in [0.2, 0.25) is 0 Å². The van der Waals surface area contributed by atoms with Gasteiger partial charge in [-0.15, -0.1) is 12.4 Å². The van der Waals surface area contributed by atoms with Crippen LogP contribution in [0.5, 0.6) is 0 Å². The number of carboxylic acid groups (broad SMARTS) is 3. The van der Waals surface area contributed by atoms with Gasteiger partial charge in [0.1, 0.15) is 0 Å². The Hall–Kier alpha value is -1.05. The number of thiol groups is 1. The van der Waals surface area contributed by atoms with E-state index in [-0.39, 0.29) is 55.9 Å². The molecule has 0 rings (SSSR count). The third-order valence-electron chi connectivity index (χ3n) is 2.84. The summed E-state index contributed by atoms with van der Waals surface area (Å²) in [4.78, 5) is 43.6. The van der Waals surface area contributed by atoms with Gasteiger partial charge in [-0.2, -0.15) is 0 Å². The van der Waals surface area contributed by atoms with E-state index in [1.165, 1.54) is 0 Å². The molecule has 0 aromatic rings. The molecule has 0 unspecified atom stereocenters. The Morgan fingerprint density at radius 2 is 1.14 bits per heavy atom. The van der Waals surface area contributed by atoms with Crippen molar-refractivity contribution < 1.29 is 39.0 Å². The van der Waals surface area contributed by atoms with Crippen molar-refractivity contribution in [2.24, 2.45) is 0 Å². The molecule has 3 N–H and O–H groups in total. The molecule has 0 radical (unpaired) electrons. The second-order valence-electron chi connectivity index (χ2n) is 4.50. The minimum atomic E-state index is -3.11. The van der Waals surface area contributed by atoms with E-state index in [1.807, 2.05) is 0 Å². The van der Waals surface area contributed by atoms with Gasteiger partial charge in [-0.3, -0.25) is 0 Å². The van der Waals surface area contributed by atoms with Gasteiger partial charge in [0.15, 0.2) is 0 Å². The van der Waals surface area contributed by atoms with Gasteiger partial charge in [0, 0.05) is 0 Å². The number of halogens is 1. The van der Waals surface area contributed by atoms with Crippen molar-refractivity contribution in [3.05, 3.63) is 0 Å². The zero-order chi connectivity index (χ0) is 16.5. The van der Waals surface area contributed by atoms with Crippen molar-refractivity contribution in [3.8, 4) is 0 Å². The minimum absolute atomic E-state index is 0. The van der Waals surface area contributed by atoms with E-state index < -0.39 is 31.4 Å². The van der Waals surface area contributed by atoms with Crippen molar-refractivity contribution >= 4 is 56.4 Å². The second-order valence-corrected chi connectivity index (χ2v) is 8.88. The number of carbonyl (C=O) groups excluding carboxylic acids is 1. The Balaban J connectivity index is 0. The molecule has 11 heteroatoms. The number of hydrogen-bond donors (Lipinski definition) is 4. The van der Waals surface area contributed by atoms with Crippen molar-refractivity contribution in [2.45, 2.75) is 19.3 Å². The Morgan fingerprint density at radius 1 is 0.818 bits per heavy atom. The number of aliphatic carboxylic acids is 3. The Bertz CT molecular complexity index is 371. The predicted molar refractivity (Wildman–Crippen MR) is 86.9 cm³/mol. The predicted octanol–water partition coefficient (Wildman–Crippen LogP) is 0.970. The summed E-state index contributed by atoms with van der Waals surface area (Å²) >= 11 is 3.75. The van der Waals surface area contributed by atoms with E-state index in [9.17, 15) is 19.2 Å². The standard InChI is InChI=1S/C11H19O8PS.ClH/c12-8(13)1-4-20(5-2-9(14)15,6-3-10(16)17)19-11(18)7-21;/h20-21H,1-7H2,(H,12,13)(H,14,15)(H,16,17);1H. The van der Waals surface area contributed by atoms with Gasteiger partial charge >= 0.3 is 127 Å². The van der Waals surface area contributed by atoms with Gasteiger partial charge in [0.2, 0.25) is 0 Å². The van der Waals surface area contributed by atoms with E-state index in [0.29, 0.717) is 0 Å². The third-order valence-corrected chi connectivity index (χ3v) is 7.25. The number of hydrogen-bond acceptors (Lipinski definition) is 6. The fourth-order valence-corrected chi connectivity index (χ4v) is 5.61. The molecular weight excluding hydrogens is 359 g/mol. The van der Waals surface area contributed by atoms with Gasteiger partial charge in [-0.05, 0) is 0 Å². The van der Waals surface area contributed by atoms with Crippen molar-refractivity contribution in [2.75, 3.05) is 24.2 Å². The molecule has 0 saturated heterocycles. The van der Waals surface area contributed by atoms with Crippen LogP contribution in [0.3, 0.4) is 0 Å². The molecule has 8 nitrogen and oxygen atoms in total. The van der Waals surface area contributed by atoms with Crippen LogP contribution in [-0.4, -0.2) is 63.4 Å². The molecule has 0 aromatic carbocycles. The summed E-state index contributed by atoms with van der Waals surface area (Å²) in [5.74, 6) is -4.26. The molecule has 0 fully saturated rings. The van der Waals surface area contributed by atoms with Crippen LogP contribution in [0, 0.1) is 0 Å². The van der Waals surface area contributed by atoms with Crippen LogP contribution in [-0.2, 0) is 23.7 Å². The van der Waals surface area contributed by atoms with Crippen molar-refractivity contribution in [1.29, 1.82) is 0 Å². The summed E-state index contributed by atoms with van der Waals surface area (Å²) < 4.78 is 5.27. The molecule has 22 heavy (non-hydrogen) atoms. The van der Waals surface area contributed by atoms with Gasteiger partial charge in [-0.25, -0.2) is 0 Å². The molecule has 0 heterocycles. The van der Waals surface area contributed by atoms with Gasteiger partial charge in [0.05, 0.1) is 0 Å². The average molecular weight is 379 g/mol. The Kier molecular flexibility index (Phi) is 12.1. The van der Waals surface area contributed by atoms with Crippen LogP contribution >= 0.6 is 32.5 Å². The van der Waals surface area contributed by atoms with E-state index in [1.54, 1.807) is 0 Å². The quantitative estimate of drug-likeness (QED) is 0.308. The fraction of sp³-hybridized carbons (Fsp3) is 0.636. The number of carbonyl (C=O) groups is 4. The molecule has 130 valence electrons. The average Bonchev–Trinajstić information content (AvgIpc) is 2.40. The molecule has 0 saturated carbocycles. The van der Waals surface area contributed by atoms with E-state index >= 15 is 0 Å². The van der Waals surface area contributed by atoms with Crippen LogP contribution in [0.4, 0.5) is 0 Å². The van der Waals surface area contributed by atoms with Crippen LogP contribution in [0.15, 0.2) is 0 Å². The maximum atomic E-state index is 11.5. The van der Waals surface area contributed by atoms with Crippen LogP contribution < -0.4 is 0 Å². The molecular formula is C11H20ClO8PS. The number of carboxylic acids is 3. The maximum absolute atomic E-state index is 11.5. The molecule has 0 aromatic heterocycles. The Morgan fingerprint density at radius 3 is 1.36 bits per heavy atom. The van der Waals surface area contributed by atoms with Gasteiger partial charge < -0.3 is 0 Å². The van der Waals surface area contributed by atoms with Crippen molar-refractivity contribution in [1.82, 2.24) is 0 Å². The SMILES string of the molecule is Cl.O=C(O)CC[PH](CCC(=O)O)(CCC(=O)O)OC(=O)CS. The third kappa shape index (κ3) is 10.6. The summed E-state index contributed by atoms with van der Waals surface area (Å²) in [6, 6.07) is 0. The molecule has 0 amide bonds. The summed E-state index contributed by atoms with van der Waals surface area (Å²) in [6.07, 6.45) is -0.935. The van der Waals surface area contributed by atoms with Gasteiger partial charge in [0.25, 0.3) is 0 Å². The Labute approximate surface area is 139 Å². The summed E-state index contributed by atoms with van der Waals surface area (Å²) in [6.45, 7) is 0. The van der Waals surface area contributed by atoms with Crippen LogP contribution in [0.25, 0.3) is 0 Å². The molecule has 0 aliphatic carbocycles. The summed E-state index contributed by atoms with van der Waals surface area (Å²) in [5.41, 5.74) is 0. The van der Waals surface area contributed by atoms with Gasteiger partial charge in [-0.1, -0.05) is 0 Å². The second kappa shape index (κ2) is 11.5. The first kappa shape index (κ1) is 23.2. The monoisotopic (exact) mass is 378 g/mol. The molecule has 0 bridgehead atoms. The normalized spacial score (nSPS) is 11.1. The first-order valence-electron chi connectivity index (χ1n) is 6.19. The van der Waals surface area contributed by atoms with E-state index in [4.69, 9.17) is 19.8 Å². The zero-order valence-electron chi connectivity index (χ0n) is 11.7. The molecule has 0 aliphatic heterocycles. The fourth-order valence-electron chi connectivity index (χ4n) is 1.81. The van der Waals surface area contributed by atoms with Crippen LogP contribution in [0.1, 0.15) is 19.3 Å². The molecule has 0 spiro atoms. The topological polar surface area (TPSA) is 138 Å². The number of rotatable bonds is 11. The first-order chi connectivity index (χ1) is 9.70. The zero-order valence-corrected chi connectivity index (χ0v) is 14.4. The molecule has 0 aliphatic rings. The summed E-state index contributed by atoms with van der Waals surface area (Å²) in [5, 5.41) is 26.3. The van der Waals surface area contributed by atoms with E-state index in [2.05, 4.69) is 12.6 Å². The molecule has 0 atom stereocenters. The summed E-state index contributed by atoms with van der Waals surface area (Å²) in [7, 11) is -3.11. The first-order valence-corrected chi connectivity index (χ1v) is 9.35. The van der Waals surface area contributed by atoms with E-state index in [0.717, 1.165) is 0 Å². The van der Waals surface area contributed by atoms with Crippen molar-refractivity contribution in [3.63, 3.8) is 0 Å².